The van der Waals surface area contributed by atoms with E-state index < -0.39 is 0 Å². The van der Waals surface area contributed by atoms with Crippen molar-refractivity contribution in [2.45, 2.75) is 6.54 Å². The fourth-order valence-corrected chi connectivity index (χ4v) is 4.18. The third kappa shape index (κ3) is 2.59. The van der Waals surface area contributed by atoms with Gasteiger partial charge in [0.1, 0.15) is 0 Å². The molecule has 3 heterocycles. The van der Waals surface area contributed by atoms with Crippen LogP contribution in [0.15, 0.2) is 83.8 Å². The minimum absolute atomic E-state index is 0.0353. The molecule has 1 aliphatic heterocycles. The molecule has 6 rings (SSSR count). The topological polar surface area (TPSA) is 56.3 Å². The molecule has 0 amide bonds. The lowest BCUT2D eigenvalue weighted by atomic mass is 10.1. The number of fused-ring (bicyclic) bond motifs is 3. The lowest BCUT2D eigenvalue weighted by Gasteiger charge is -2.11. The molecule has 0 fully saturated rings. The number of nitrogens with one attached hydrogen (secondary N) is 1. The standard InChI is InChI=1S/C25H18N2O3/c28-25-18-8-4-5-9-20(18)26-23-19(25)14-27(13-16-6-2-1-3-7-16)24(23)17-10-11-21-22(12-17)30-15-29-21/h1-12,14,26H,13,15H2. The molecule has 3 aromatic carbocycles. The van der Waals surface area contributed by atoms with Gasteiger partial charge in [0.25, 0.3) is 0 Å². The summed E-state index contributed by atoms with van der Waals surface area (Å²) in [5, 5.41) is 1.37. The Hall–Kier alpha value is -3.99. The average molecular weight is 394 g/mol. The lowest BCUT2D eigenvalue weighted by Crippen LogP contribution is -2.02. The summed E-state index contributed by atoms with van der Waals surface area (Å²) in [6.45, 7) is 0.884. The molecule has 0 saturated carbocycles. The molecule has 1 aliphatic rings. The summed E-state index contributed by atoms with van der Waals surface area (Å²) in [7, 11) is 0. The van der Waals surface area contributed by atoms with Gasteiger partial charge in [0.15, 0.2) is 16.9 Å². The van der Waals surface area contributed by atoms with Crippen LogP contribution in [0.3, 0.4) is 0 Å². The van der Waals surface area contributed by atoms with E-state index in [0.29, 0.717) is 17.3 Å². The number of aromatic nitrogens is 2. The van der Waals surface area contributed by atoms with Gasteiger partial charge in [0.2, 0.25) is 6.79 Å². The second-order valence-corrected chi connectivity index (χ2v) is 7.45. The van der Waals surface area contributed by atoms with Gasteiger partial charge in [-0.25, -0.2) is 0 Å². The van der Waals surface area contributed by atoms with Gasteiger partial charge in [0.05, 0.1) is 16.6 Å². The van der Waals surface area contributed by atoms with Gasteiger partial charge in [-0.3, -0.25) is 4.79 Å². The van der Waals surface area contributed by atoms with Gasteiger partial charge in [0, 0.05) is 29.2 Å². The van der Waals surface area contributed by atoms with Crippen LogP contribution in [-0.2, 0) is 6.54 Å². The molecule has 1 N–H and O–H groups in total. The maximum Gasteiger partial charge on any atom is 0.231 e. The molecule has 0 radical (unpaired) electrons. The van der Waals surface area contributed by atoms with E-state index >= 15 is 0 Å². The van der Waals surface area contributed by atoms with Crippen LogP contribution >= 0.6 is 0 Å². The Balaban J connectivity index is 1.65. The first-order valence-electron chi connectivity index (χ1n) is 9.86. The van der Waals surface area contributed by atoms with Crippen molar-refractivity contribution in [2.24, 2.45) is 0 Å². The molecule has 0 aliphatic carbocycles. The SMILES string of the molecule is O=c1c2ccccc2[nH]c2c(-c3ccc4c(c3)OCO4)n(Cc3ccccc3)cc12. The van der Waals surface area contributed by atoms with E-state index in [9.17, 15) is 4.79 Å². The van der Waals surface area contributed by atoms with E-state index in [0.717, 1.165) is 39.4 Å². The van der Waals surface area contributed by atoms with Gasteiger partial charge in [-0.15, -0.1) is 0 Å². The maximum absolute atomic E-state index is 13.2. The van der Waals surface area contributed by atoms with Gasteiger partial charge in [-0.1, -0.05) is 42.5 Å². The monoisotopic (exact) mass is 394 g/mol. The van der Waals surface area contributed by atoms with Crippen molar-refractivity contribution in [3.63, 3.8) is 0 Å². The van der Waals surface area contributed by atoms with Crippen molar-refractivity contribution in [1.29, 1.82) is 0 Å². The Bertz CT molecular complexity index is 1470. The number of ether oxygens (including phenoxy) is 2. The zero-order chi connectivity index (χ0) is 20.1. The minimum Gasteiger partial charge on any atom is -0.454 e. The van der Waals surface area contributed by atoms with Crippen LogP contribution < -0.4 is 14.9 Å². The normalized spacial score (nSPS) is 12.7. The van der Waals surface area contributed by atoms with Crippen LogP contribution in [0.5, 0.6) is 11.5 Å². The van der Waals surface area contributed by atoms with E-state index in [1.165, 1.54) is 0 Å². The lowest BCUT2D eigenvalue weighted by molar-refractivity contribution is 0.174. The van der Waals surface area contributed by atoms with Gasteiger partial charge < -0.3 is 19.0 Å². The highest BCUT2D eigenvalue weighted by molar-refractivity contribution is 6.00. The Morgan fingerprint density at radius 2 is 1.67 bits per heavy atom. The molecule has 2 aromatic heterocycles. The van der Waals surface area contributed by atoms with Crippen LogP contribution in [-0.4, -0.2) is 16.3 Å². The molecule has 30 heavy (non-hydrogen) atoms. The average Bonchev–Trinajstić information content (AvgIpc) is 3.38. The summed E-state index contributed by atoms with van der Waals surface area (Å²) in [4.78, 5) is 16.7. The van der Waals surface area contributed by atoms with Crippen molar-refractivity contribution in [3.05, 3.63) is 94.8 Å². The number of nitrogens with zero attached hydrogens (tertiary/aromatic N) is 1. The predicted molar refractivity (Wildman–Crippen MR) is 117 cm³/mol. The Morgan fingerprint density at radius 1 is 0.867 bits per heavy atom. The van der Waals surface area contributed by atoms with E-state index in [4.69, 9.17) is 9.47 Å². The van der Waals surface area contributed by atoms with Crippen LogP contribution in [0.2, 0.25) is 0 Å². The number of H-pyrrole nitrogens is 1. The molecule has 0 spiro atoms. The summed E-state index contributed by atoms with van der Waals surface area (Å²) in [6.07, 6.45) is 1.95. The number of pyridine rings is 1. The largest absolute Gasteiger partial charge is 0.454 e. The fraction of sp³-hybridized carbons (Fsp3) is 0.0800. The van der Waals surface area contributed by atoms with Crippen molar-refractivity contribution in [3.8, 4) is 22.8 Å². The van der Waals surface area contributed by atoms with Crippen LogP contribution in [0.1, 0.15) is 5.56 Å². The molecule has 0 saturated heterocycles. The Kier molecular flexibility index (Phi) is 3.68. The predicted octanol–water partition coefficient (Wildman–Crippen LogP) is 4.93. The highest BCUT2D eigenvalue weighted by Crippen LogP contribution is 2.38. The van der Waals surface area contributed by atoms with Crippen LogP contribution in [0.4, 0.5) is 0 Å². The van der Waals surface area contributed by atoms with Crippen molar-refractivity contribution in [1.82, 2.24) is 9.55 Å². The quantitative estimate of drug-likeness (QED) is 0.472. The fourth-order valence-electron chi connectivity index (χ4n) is 4.18. The highest BCUT2D eigenvalue weighted by atomic mass is 16.7. The molecule has 5 aromatic rings. The van der Waals surface area contributed by atoms with Crippen molar-refractivity contribution in [2.75, 3.05) is 6.79 Å². The third-order valence-electron chi connectivity index (χ3n) is 5.60. The van der Waals surface area contributed by atoms with Gasteiger partial charge in [-0.2, -0.15) is 0 Å². The number of benzene rings is 3. The molecular formula is C25H18N2O3. The molecular weight excluding hydrogens is 376 g/mol. The molecule has 0 bridgehead atoms. The number of hydrogen-bond donors (Lipinski definition) is 1. The Morgan fingerprint density at radius 3 is 2.57 bits per heavy atom. The van der Waals surface area contributed by atoms with Crippen molar-refractivity contribution >= 4 is 21.8 Å². The summed E-state index contributed by atoms with van der Waals surface area (Å²) < 4.78 is 13.2. The molecule has 5 nitrogen and oxygen atoms in total. The van der Waals surface area contributed by atoms with Gasteiger partial charge in [-0.05, 0) is 35.9 Å². The van der Waals surface area contributed by atoms with E-state index in [2.05, 4.69) is 21.7 Å². The van der Waals surface area contributed by atoms with Crippen LogP contribution in [0.25, 0.3) is 33.1 Å². The third-order valence-corrected chi connectivity index (χ3v) is 5.60. The minimum atomic E-state index is 0.0353. The molecule has 5 heteroatoms. The second-order valence-electron chi connectivity index (χ2n) is 7.45. The first-order valence-corrected chi connectivity index (χ1v) is 9.86. The number of hydrogen-bond acceptors (Lipinski definition) is 3. The molecule has 0 atom stereocenters. The second kappa shape index (κ2) is 6.52. The smallest absolute Gasteiger partial charge is 0.231 e. The highest BCUT2D eigenvalue weighted by Gasteiger charge is 2.20. The zero-order valence-corrected chi connectivity index (χ0v) is 16.1. The Labute approximate surface area is 172 Å². The van der Waals surface area contributed by atoms with Crippen molar-refractivity contribution < 1.29 is 9.47 Å². The summed E-state index contributed by atoms with van der Waals surface area (Å²) in [5.74, 6) is 1.46. The number of para-hydroxylation sites is 1. The first kappa shape index (κ1) is 16.9. The number of rotatable bonds is 3. The van der Waals surface area contributed by atoms with Crippen LogP contribution in [0, 0.1) is 0 Å². The summed E-state index contributed by atoms with van der Waals surface area (Å²) >= 11 is 0. The zero-order valence-electron chi connectivity index (χ0n) is 16.1. The van der Waals surface area contributed by atoms with E-state index in [-0.39, 0.29) is 12.2 Å². The first-order chi connectivity index (χ1) is 14.8. The van der Waals surface area contributed by atoms with E-state index in [1.54, 1.807) is 0 Å². The maximum atomic E-state index is 13.2. The summed E-state index contributed by atoms with van der Waals surface area (Å²) in [5.41, 5.74) is 4.78. The van der Waals surface area contributed by atoms with E-state index in [1.807, 2.05) is 66.9 Å². The molecule has 146 valence electrons. The summed E-state index contributed by atoms with van der Waals surface area (Å²) in [6, 6.07) is 23.8. The number of aromatic amines is 1. The van der Waals surface area contributed by atoms with Gasteiger partial charge >= 0.3 is 0 Å². The molecule has 0 unspecified atom stereocenters.